The Bertz CT molecular complexity index is 1360. The number of carbonyl (C=O) groups excluding carboxylic acids is 3. The van der Waals surface area contributed by atoms with Gasteiger partial charge in [0.15, 0.2) is 0 Å². The monoisotopic (exact) mass is 471 g/mol. The predicted octanol–water partition coefficient (Wildman–Crippen LogP) is 4.72. The molecule has 1 N–H and O–H groups in total. The maximum Gasteiger partial charge on any atom is 0.337 e. The van der Waals surface area contributed by atoms with E-state index in [9.17, 15) is 19.5 Å². The lowest BCUT2D eigenvalue weighted by Gasteiger charge is -2.26. The summed E-state index contributed by atoms with van der Waals surface area (Å²) in [4.78, 5) is 40.1. The van der Waals surface area contributed by atoms with Gasteiger partial charge in [-0.15, -0.1) is 0 Å². The summed E-state index contributed by atoms with van der Waals surface area (Å²) >= 11 is 0. The van der Waals surface area contributed by atoms with Crippen molar-refractivity contribution in [2.45, 2.75) is 19.9 Å². The summed E-state index contributed by atoms with van der Waals surface area (Å²) in [7, 11) is 2.81. The molecule has 3 aromatic rings. The van der Waals surface area contributed by atoms with E-state index in [1.165, 1.54) is 18.1 Å². The molecule has 4 rings (SSSR count). The summed E-state index contributed by atoms with van der Waals surface area (Å²) in [5.74, 6) is -1.84. The molecule has 0 spiro atoms. The van der Waals surface area contributed by atoms with Crippen LogP contribution in [0.25, 0.3) is 5.76 Å². The lowest BCUT2D eigenvalue weighted by molar-refractivity contribution is -0.132. The average molecular weight is 472 g/mol. The van der Waals surface area contributed by atoms with Crippen LogP contribution in [0, 0.1) is 13.8 Å². The minimum absolute atomic E-state index is 0.0302. The second-order valence-electron chi connectivity index (χ2n) is 8.30. The van der Waals surface area contributed by atoms with Crippen molar-refractivity contribution in [3.63, 3.8) is 0 Å². The van der Waals surface area contributed by atoms with Crippen molar-refractivity contribution in [1.82, 2.24) is 0 Å². The number of carbonyl (C=O) groups is 3. The molecule has 1 aliphatic heterocycles. The van der Waals surface area contributed by atoms with Crippen LogP contribution in [0.1, 0.15) is 38.7 Å². The van der Waals surface area contributed by atoms with Crippen LogP contribution in [-0.4, -0.2) is 37.0 Å². The molecule has 3 aromatic carbocycles. The quantitative estimate of drug-likeness (QED) is 0.250. The van der Waals surface area contributed by atoms with Crippen molar-refractivity contribution in [1.29, 1.82) is 0 Å². The number of hydrogen-bond donors (Lipinski definition) is 1. The first-order chi connectivity index (χ1) is 16.8. The summed E-state index contributed by atoms with van der Waals surface area (Å²) in [6.07, 6.45) is 0. The molecule has 7 nitrogen and oxygen atoms in total. The van der Waals surface area contributed by atoms with Crippen LogP contribution in [0.3, 0.4) is 0 Å². The number of Topliss-reactive ketones (excluding diaryl/α,β-unsaturated/α-hetero) is 1. The number of aryl methyl sites for hydroxylation is 2. The number of hydrogen-bond acceptors (Lipinski definition) is 6. The largest absolute Gasteiger partial charge is 0.507 e. The zero-order chi connectivity index (χ0) is 25.3. The third-order valence-electron chi connectivity index (χ3n) is 6.07. The summed E-state index contributed by atoms with van der Waals surface area (Å²) in [5.41, 5.74) is 3.27. The third kappa shape index (κ3) is 4.28. The van der Waals surface area contributed by atoms with E-state index in [1.54, 1.807) is 55.6 Å². The molecule has 178 valence electrons. The van der Waals surface area contributed by atoms with Gasteiger partial charge in [-0.1, -0.05) is 35.9 Å². The second-order valence-corrected chi connectivity index (χ2v) is 8.30. The van der Waals surface area contributed by atoms with Crippen LogP contribution >= 0.6 is 0 Å². The number of nitrogens with zero attached hydrogens (tertiary/aromatic N) is 1. The van der Waals surface area contributed by atoms with Gasteiger partial charge in [-0.3, -0.25) is 14.5 Å². The van der Waals surface area contributed by atoms with Crippen molar-refractivity contribution in [3.05, 3.63) is 100 Å². The predicted molar refractivity (Wildman–Crippen MR) is 131 cm³/mol. The van der Waals surface area contributed by atoms with Crippen molar-refractivity contribution in [2.24, 2.45) is 0 Å². The molecular weight excluding hydrogens is 446 g/mol. The molecule has 0 aromatic heterocycles. The summed E-state index contributed by atoms with van der Waals surface area (Å²) in [6.45, 7) is 3.71. The highest BCUT2D eigenvalue weighted by atomic mass is 16.5. The number of anilines is 1. The molecule has 1 saturated heterocycles. The Hall–Kier alpha value is -4.39. The molecule has 1 fully saturated rings. The van der Waals surface area contributed by atoms with Crippen LogP contribution in [-0.2, 0) is 14.3 Å². The molecule has 35 heavy (non-hydrogen) atoms. The third-order valence-corrected chi connectivity index (χ3v) is 6.07. The number of benzene rings is 3. The van der Waals surface area contributed by atoms with Crippen LogP contribution in [0.5, 0.6) is 5.75 Å². The number of methoxy groups -OCH3 is 2. The van der Waals surface area contributed by atoms with E-state index < -0.39 is 23.7 Å². The summed E-state index contributed by atoms with van der Waals surface area (Å²) in [5, 5.41) is 11.4. The first-order valence-electron chi connectivity index (χ1n) is 11.0. The van der Waals surface area contributed by atoms with Gasteiger partial charge in [0.25, 0.3) is 11.7 Å². The highest BCUT2D eigenvalue weighted by Crippen LogP contribution is 2.43. The zero-order valence-corrected chi connectivity index (χ0v) is 19.9. The first-order valence-corrected chi connectivity index (χ1v) is 11.0. The van der Waals surface area contributed by atoms with Crippen molar-refractivity contribution >= 4 is 29.1 Å². The second kappa shape index (κ2) is 9.46. The molecule has 1 heterocycles. The van der Waals surface area contributed by atoms with E-state index in [1.807, 2.05) is 26.0 Å². The molecule has 1 aliphatic rings. The van der Waals surface area contributed by atoms with Crippen LogP contribution in [0.2, 0.25) is 0 Å². The van der Waals surface area contributed by atoms with Crippen molar-refractivity contribution in [2.75, 3.05) is 19.1 Å². The van der Waals surface area contributed by atoms with Gasteiger partial charge in [0.2, 0.25) is 0 Å². The number of aliphatic hydroxyl groups excluding tert-OH is 1. The minimum atomic E-state index is -0.922. The Labute approximate surface area is 203 Å². The molecule has 0 saturated carbocycles. The molecule has 0 radical (unpaired) electrons. The lowest BCUT2D eigenvalue weighted by Crippen LogP contribution is -2.29. The van der Waals surface area contributed by atoms with Crippen molar-refractivity contribution in [3.8, 4) is 5.75 Å². The first kappa shape index (κ1) is 23.8. The maximum absolute atomic E-state index is 13.4. The smallest absolute Gasteiger partial charge is 0.337 e. The van der Waals surface area contributed by atoms with E-state index in [0.29, 0.717) is 22.6 Å². The maximum atomic E-state index is 13.4. The molecular formula is C28H25NO6. The Morgan fingerprint density at radius 1 is 0.943 bits per heavy atom. The van der Waals surface area contributed by atoms with E-state index in [0.717, 1.165) is 11.1 Å². The Balaban J connectivity index is 1.96. The topological polar surface area (TPSA) is 93.1 Å². The van der Waals surface area contributed by atoms with Crippen LogP contribution in [0.4, 0.5) is 5.69 Å². The molecule has 0 aliphatic carbocycles. The van der Waals surface area contributed by atoms with E-state index in [2.05, 4.69) is 0 Å². The van der Waals surface area contributed by atoms with Crippen molar-refractivity contribution < 1.29 is 29.0 Å². The fraction of sp³-hybridized carbons (Fsp3) is 0.179. The molecule has 1 atom stereocenters. The Morgan fingerprint density at radius 3 is 2.31 bits per heavy atom. The molecule has 1 amide bonds. The average Bonchev–Trinajstić information content (AvgIpc) is 3.14. The number of esters is 1. The molecule has 7 heteroatoms. The van der Waals surface area contributed by atoms with Gasteiger partial charge in [0, 0.05) is 11.3 Å². The van der Waals surface area contributed by atoms with Gasteiger partial charge in [0.1, 0.15) is 11.5 Å². The van der Waals surface area contributed by atoms with Gasteiger partial charge in [-0.25, -0.2) is 4.79 Å². The number of aliphatic hydroxyl groups is 1. The van der Waals surface area contributed by atoms with E-state index in [4.69, 9.17) is 9.47 Å². The number of ether oxygens (including phenoxy) is 2. The zero-order valence-electron chi connectivity index (χ0n) is 19.9. The minimum Gasteiger partial charge on any atom is -0.507 e. The number of rotatable bonds is 5. The molecule has 0 bridgehead atoms. The normalized spacial score (nSPS) is 16.9. The SMILES string of the molecule is COC(=O)c1cccc(N2C(=O)C(=O)/C(=C(/O)c3cc(C)ccc3C)C2c2ccc(OC)cc2)c1. The highest BCUT2D eigenvalue weighted by Gasteiger charge is 2.47. The van der Waals surface area contributed by atoms with Gasteiger partial charge >= 0.3 is 5.97 Å². The van der Waals surface area contributed by atoms with Gasteiger partial charge < -0.3 is 14.6 Å². The summed E-state index contributed by atoms with van der Waals surface area (Å²) in [6, 6.07) is 17.8. The molecule has 1 unspecified atom stereocenters. The lowest BCUT2D eigenvalue weighted by atomic mass is 9.93. The van der Waals surface area contributed by atoms with E-state index in [-0.39, 0.29) is 16.9 Å². The number of amides is 1. The van der Waals surface area contributed by atoms with Crippen LogP contribution in [0.15, 0.2) is 72.3 Å². The number of ketones is 1. The van der Waals surface area contributed by atoms with E-state index >= 15 is 0 Å². The van der Waals surface area contributed by atoms with Crippen LogP contribution < -0.4 is 9.64 Å². The fourth-order valence-electron chi connectivity index (χ4n) is 4.24. The standard InChI is InChI=1S/C28H25NO6/c1-16-8-9-17(2)22(14-16)25(30)23-24(18-10-12-21(34-3)13-11-18)29(27(32)26(23)31)20-7-5-6-19(15-20)28(33)35-4/h5-15,24,30H,1-4H3/b25-23+. The fourth-order valence-corrected chi connectivity index (χ4v) is 4.24. The van der Waals surface area contributed by atoms with Gasteiger partial charge in [-0.2, -0.15) is 0 Å². The summed E-state index contributed by atoms with van der Waals surface area (Å²) < 4.78 is 10.1. The van der Waals surface area contributed by atoms with Gasteiger partial charge in [-0.05, 0) is 61.4 Å². The Morgan fingerprint density at radius 2 is 1.66 bits per heavy atom. The van der Waals surface area contributed by atoms with Gasteiger partial charge in [0.05, 0.1) is 31.4 Å². The Kier molecular flexibility index (Phi) is 6.42. The highest BCUT2D eigenvalue weighted by molar-refractivity contribution is 6.51.